The number of nitrogens with one attached hydrogen (secondary N) is 2. The molecule has 0 aliphatic rings. The van der Waals surface area contributed by atoms with Gasteiger partial charge in [-0.2, -0.15) is 5.10 Å². The predicted molar refractivity (Wildman–Crippen MR) is 57.1 cm³/mol. The highest BCUT2D eigenvalue weighted by atomic mass is 127. The number of hydrogen-bond donors (Lipinski definition) is 2. The Hall–Kier alpha value is -0.850. The fraction of sp³-hybridized carbons (Fsp3) is 0.143. The SMILES string of the molecule is CN/C=C(\C=N)n1ccc(I)n1. The van der Waals surface area contributed by atoms with Crippen LogP contribution in [0.1, 0.15) is 0 Å². The standard InChI is InChI=1S/C7H9IN4/c1-10-5-6(4-9)12-3-2-7(8)11-12/h2-5,9-10H,1H3/b6-5+,9-4?. The number of allylic oxidation sites excluding steroid dienone is 1. The lowest BCUT2D eigenvalue weighted by molar-refractivity contribution is 0.895. The van der Waals surface area contributed by atoms with Gasteiger partial charge in [0.2, 0.25) is 0 Å². The molecule has 1 rings (SSSR count). The molecule has 0 bridgehead atoms. The molecule has 0 fully saturated rings. The fourth-order valence-electron chi connectivity index (χ4n) is 0.767. The van der Waals surface area contributed by atoms with Crippen molar-refractivity contribution in [1.29, 1.82) is 5.41 Å². The topological polar surface area (TPSA) is 53.7 Å². The molecule has 64 valence electrons. The molecule has 0 aliphatic carbocycles. The first-order valence-electron chi connectivity index (χ1n) is 3.37. The fourth-order valence-corrected chi connectivity index (χ4v) is 1.16. The van der Waals surface area contributed by atoms with Crippen LogP contribution >= 0.6 is 22.6 Å². The van der Waals surface area contributed by atoms with Crippen LogP contribution in [0, 0.1) is 9.11 Å². The molecule has 1 heterocycles. The van der Waals surface area contributed by atoms with E-state index < -0.39 is 0 Å². The maximum atomic E-state index is 7.11. The summed E-state index contributed by atoms with van der Waals surface area (Å²) in [4.78, 5) is 0. The van der Waals surface area contributed by atoms with E-state index in [-0.39, 0.29) is 0 Å². The summed E-state index contributed by atoms with van der Waals surface area (Å²) in [6, 6.07) is 1.88. The van der Waals surface area contributed by atoms with E-state index in [0.717, 1.165) is 3.70 Å². The van der Waals surface area contributed by atoms with Gasteiger partial charge in [0.1, 0.15) is 3.70 Å². The van der Waals surface area contributed by atoms with Crippen LogP contribution in [0.4, 0.5) is 0 Å². The third kappa shape index (κ3) is 2.07. The van der Waals surface area contributed by atoms with Crippen LogP contribution in [-0.4, -0.2) is 23.0 Å². The quantitative estimate of drug-likeness (QED) is 0.643. The van der Waals surface area contributed by atoms with Crippen molar-refractivity contribution < 1.29 is 0 Å². The van der Waals surface area contributed by atoms with E-state index in [1.54, 1.807) is 17.9 Å². The molecule has 0 saturated heterocycles. The van der Waals surface area contributed by atoms with Crippen molar-refractivity contribution in [3.63, 3.8) is 0 Å². The lowest BCUT2D eigenvalue weighted by Crippen LogP contribution is -2.04. The molecule has 2 N–H and O–H groups in total. The zero-order chi connectivity index (χ0) is 8.97. The van der Waals surface area contributed by atoms with E-state index in [1.165, 1.54) is 6.21 Å². The summed E-state index contributed by atoms with van der Waals surface area (Å²) >= 11 is 2.12. The monoisotopic (exact) mass is 276 g/mol. The highest BCUT2D eigenvalue weighted by molar-refractivity contribution is 14.1. The van der Waals surface area contributed by atoms with Gasteiger partial charge in [0.15, 0.2) is 0 Å². The predicted octanol–water partition coefficient (Wildman–Crippen LogP) is 1.16. The first kappa shape index (κ1) is 9.24. The number of hydrogen-bond acceptors (Lipinski definition) is 3. The zero-order valence-corrected chi connectivity index (χ0v) is 8.74. The van der Waals surface area contributed by atoms with Crippen molar-refractivity contribution in [2.75, 3.05) is 7.05 Å². The Morgan fingerprint density at radius 1 is 1.83 bits per heavy atom. The summed E-state index contributed by atoms with van der Waals surface area (Å²) in [6.45, 7) is 0. The van der Waals surface area contributed by atoms with Crippen molar-refractivity contribution in [2.45, 2.75) is 0 Å². The lowest BCUT2D eigenvalue weighted by atomic mass is 10.5. The highest BCUT2D eigenvalue weighted by Gasteiger charge is 1.97. The minimum absolute atomic E-state index is 0.709. The van der Waals surface area contributed by atoms with Gasteiger partial charge in [-0.15, -0.1) is 0 Å². The molecular weight excluding hydrogens is 267 g/mol. The molecule has 4 nitrogen and oxygen atoms in total. The van der Waals surface area contributed by atoms with Gasteiger partial charge in [0, 0.05) is 25.7 Å². The minimum atomic E-state index is 0.709. The number of nitrogens with zero attached hydrogens (tertiary/aromatic N) is 2. The number of aromatic nitrogens is 2. The Morgan fingerprint density at radius 2 is 2.58 bits per heavy atom. The van der Waals surface area contributed by atoms with Gasteiger partial charge in [-0.05, 0) is 28.7 Å². The van der Waals surface area contributed by atoms with E-state index in [4.69, 9.17) is 5.41 Å². The second-order valence-electron chi connectivity index (χ2n) is 2.09. The van der Waals surface area contributed by atoms with E-state index in [9.17, 15) is 0 Å². The Balaban J connectivity index is 2.94. The molecule has 12 heavy (non-hydrogen) atoms. The van der Waals surface area contributed by atoms with Crippen LogP contribution in [0.3, 0.4) is 0 Å². The molecule has 1 aromatic rings. The van der Waals surface area contributed by atoms with Crippen LogP contribution < -0.4 is 5.32 Å². The van der Waals surface area contributed by atoms with Crippen molar-refractivity contribution >= 4 is 34.5 Å². The maximum Gasteiger partial charge on any atom is 0.123 e. The number of rotatable bonds is 3. The average molecular weight is 276 g/mol. The van der Waals surface area contributed by atoms with E-state index in [2.05, 4.69) is 33.0 Å². The molecular formula is C7H9IN4. The van der Waals surface area contributed by atoms with Crippen LogP contribution in [0.15, 0.2) is 18.5 Å². The Morgan fingerprint density at radius 3 is 3.00 bits per heavy atom. The van der Waals surface area contributed by atoms with Gasteiger partial charge < -0.3 is 10.7 Å². The third-order valence-corrected chi connectivity index (χ3v) is 1.84. The lowest BCUT2D eigenvalue weighted by Gasteiger charge is -1.99. The van der Waals surface area contributed by atoms with Crippen molar-refractivity contribution in [3.05, 3.63) is 22.2 Å². The van der Waals surface area contributed by atoms with Gasteiger partial charge in [0.05, 0.1) is 5.70 Å². The van der Waals surface area contributed by atoms with Gasteiger partial charge in [-0.1, -0.05) is 0 Å². The summed E-state index contributed by atoms with van der Waals surface area (Å²) in [5.41, 5.74) is 0.709. The van der Waals surface area contributed by atoms with E-state index in [0.29, 0.717) is 5.70 Å². The summed E-state index contributed by atoms with van der Waals surface area (Å²) < 4.78 is 2.56. The van der Waals surface area contributed by atoms with Crippen molar-refractivity contribution in [3.8, 4) is 0 Å². The van der Waals surface area contributed by atoms with Gasteiger partial charge in [-0.25, -0.2) is 4.68 Å². The summed E-state index contributed by atoms with van der Waals surface area (Å²) in [5, 5.41) is 14.1. The zero-order valence-electron chi connectivity index (χ0n) is 6.58. The van der Waals surface area contributed by atoms with Crippen LogP contribution in [0.2, 0.25) is 0 Å². The highest BCUT2D eigenvalue weighted by Crippen LogP contribution is 2.03. The van der Waals surface area contributed by atoms with Gasteiger partial charge >= 0.3 is 0 Å². The first-order chi connectivity index (χ1) is 5.77. The van der Waals surface area contributed by atoms with Crippen LogP contribution in [0.25, 0.3) is 5.70 Å². The minimum Gasteiger partial charge on any atom is -0.392 e. The van der Waals surface area contributed by atoms with Crippen LogP contribution in [-0.2, 0) is 0 Å². The Kier molecular flexibility index (Phi) is 3.27. The smallest absolute Gasteiger partial charge is 0.123 e. The summed E-state index contributed by atoms with van der Waals surface area (Å²) in [5.74, 6) is 0. The molecule has 0 atom stereocenters. The molecule has 0 amide bonds. The molecule has 0 unspecified atom stereocenters. The number of halogens is 1. The van der Waals surface area contributed by atoms with Crippen molar-refractivity contribution in [2.24, 2.45) is 0 Å². The van der Waals surface area contributed by atoms with E-state index in [1.807, 2.05) is 12.3 Å². The normalized spacial score (nSPS) is 11.3. The summed E-state index contributed by atoms with van der Waals surface area (Å²) in [6.07, 6.45) is 4.78. The largest absolute Gasteiger partial charge is 0.392 e. The molecule has 0 spiro atoms. The molecule has 5 heteroatoms. The van der Waals surface area contributed by atoms with Gasteiger partial charge in [0.25, 0.3) is 0 Å². The first-order valence-corrected chi connectivity index (χ1v) is 4.45. The third-order valence-electron chi connectivity index (χ3n) is 1.26. The second-order valence-corrected chi connectivity index (χ2v) is 3.19. The summed E-state index contributed by atoms with van der Waals surface area (Å²) in [7, 11) is 1.79. The van der Waals surface area contributed by atoms with Crippen molar-refractivity contribution in [1.82, 2.24) is 15.1 Å². The van der Waals surface area contributed by atoms with Gasteiger partial charge in [-0.3, -0.25) is 0 Å². The second kappa shape index (κ2) is 4.24. The molecule has 0 radical (unpaired) electrons. The molecule has 1 aromatic heterocycles. The Labute approximate surface area is 84.3 Å². The van der Waals surface area contributed by atoms with Crippen LogP contribution in [0.5, 0.6) is 0 Å². The Bertz CT molecular complexity index is 302. The molecule has 0 saturated carbocycles. The average Bonchev–Trinajstić information content (AvgIpc) is 2.47. The molecule has 0 aliphatic heterocycles. The van der Waals surface area contributed by atoms with E-state index >= 15 is 0 Å². The maximum absolute atomic E-state index is 7.11. The molecule has 0 aromatic carbocycles.